The van der Waals surface area contributed by atoms with Crippen LogP contribution in [0.4, 0.5) is 13.2 Å². The molecule has 3 aromatic rings. The molecule has 1 aromatic heterocycles. The predicted molar refractivity (Wildman–Crippen MR) is 108 cm³/mol. The number of rotatable bonds is 4. The van der Waals surface area contributed by atoms with Crippen LogP contribution in [0.25, 0.3) is 16.3 Å². The minimum Gasteiger partial charge on any atom is -0.339 e. The maximum atomic E-state index is 14.0. The van der Waals surface area contributed by atoms with Gasteiger partial charge < -0.3 is 9.88 Å². The molecule has 7 heteroatoms. The molecule has 30 heavy (non-hydrogen) atoms. The fourth-order valence-electron chi connectivity index (χ4n) is 3.71. The number of pyridine rings is 1. The molecule has 2 aromatic carbocycles. The van der Waals surface area contributed by atoms with Crippen molar-refractivity contribution in [3.63, 3.8) is 0 Å². The molecule has 154 valence electrons. The molecule has 0 atom stereocenters. The number of hydrogen-bond donors (Lipinski definition) is 1. The van der Waals surface area contributed by atoms with Gasteiger partial charge in [-0.1, -0.05) is 12.1 Å². The Kier molecular flexibility index (Phi) is 5.44. The third-order valence-electron chi connectivity index (χ3n) is 5.31. The highest BCUT2D eigenvalue weighted by Crippen LogP contribution is 2.25. The van der Waals surface area contributed by atoms with Crippen LogP contribution in [0.5, 0.6) is 0 Å². The first-order chi connectivity index (χ1) is 14.4. The van der Waals surface area contributed by atoms with Crippen LogP contribution in [0.1, 0.15) is 24.1 Å². The third kappa shape index (κ3) is 4.15. The standard InChI is InChI=1S/C23H19F3N2O2/c24-16-2-1-15-11-18(27-23(30)20(15)12-16)4-6-22(29)28-9-7-14(8-10-28)19-5-3-17(25)13-21(19)26/h1-3,5,7,11-13H,4,6,8-10H2,(H,27,30). The van der Waals surface area contributed by atoms with Gasteiger partial charge in [0, 0.05) is 42.2 Å². The Morgan fingerprint density at radius 3 is 2.53 bits per heavy atom. The van der Waals surface area contributed by atoms with Crippen LogP contribution in [0.15, 0.2) is 53.3 Å². The molecular formula is C23H19F3N2O2. The summed E-state index contributed by atoms with van der Waals surface area (Å²) in [4.78, 5) is 29.1. The Balaban J connectivity index is 1.40. The molecule has 0 spiro atoms. The number of hydrogen-bond acceptors (Lipinski definition) is 2. The first-order valence-corrected chi connectivity index (χ1v) is 9.64. The largest absolute Gasteiger partial charge is 0.339 e. The molecule has 0 saturated heterocycles. The summed E-state index contributed by atoms with van der Waals surface area (Å²) in [7, 11) is 0. The number of benzene rings is 2. The van der Waals surface area contributed by atoms with E-state index in [2.05, 4.69) is 4.98 Å². The van der Waals surface area contributed by atoms with Gasteiger partial charge in [-0.25, -0.2) is 13.2 Å². The quantitative estimate of drug-likeness (QED) is 0.699. The summed E-state index contributed by atoms with van der Waals surface area (Å²) in [5.41, 5.74) is 1.33. The second-order valence-corrected chi connectivity index (χ2v) is 7.30. The van der Waals surface area contributed by atoms with Gasteiger partial charge >= 0.3 is 0 Å². The van der Waals surface area contributed by atoms with Crippen molar-refractivity contribution in [3.8, 4) is 0 Å². The van der Waals surface area contributed by atoms with Crippen molar-refractivity contribution in [3.05, 3.63) is 87.6 Å². The number of H-pyrrole nitrogens is 1. The van der Waals surface area contributed by atoms with E-state index in [4.69, 9.17) is 0 Å². The molecule has 4 nitrogen and oxygen atoms in total. The highest BCUT2D eigenvalue weighted by molar-refractivity contribution is 5.82. The van der Waals surface area contributed by atoms with Crippen LogP contribution < -0.4 is 5.56 Å². The summed E-state index contributed by atoms with van der Waals surface area (Å²) in [6, 6.07) is 9.24. The topological polar surface area (TPSA) is 53.2 Å². The summed E-state index contributed by atoms with van der Waals surface area (Å²) in [5, 5.41) is 0.890. The van der Waals surface area contributed by atoms with Gasteiger partial charge in [-0.3, -0.25) is 9.59 Å². The van der Waals surface area contributed by atoms with Gasteiger partial charge in [0.2, 0.25) is 5.91 Å². The van der Waals surface area contributed by atoms with E-state index in [1.807, 2.05) is 0 Å². The molecule has 1 aliphatic heterocycles. The number of carbonyl (C=O) groups excluding carboxylic acids is 1. The van der Waals surface area contributed by atoms with Crippen LogP contribution in [0, 0.1) is 17.5 Å². The smallest absolute Gasteiger partial charge is 0.256 e. The molecule has 0 radical (unpaired) electrons. The average Bonchev–Trinajstić information content (AvgIpc) is 2.73. The van der Waals surface area contributed by atoms with E-state index in [1.54, 1.807) is 17.0 Å². The normalized spacial score (nSPS) is 14.1. The summed E-state index contributed by atoms with van der Waals surface area (Å²) in [5.74, 6) is -1.79. The number of aryl methyl sites for hydroxylation is 1. The van der Waals surface area contributed by atoms with Crippen molar-refractivity contribution < 1.29 is 18.0 Å². The second kappa shape index (κ2) is 8.18. The van der Waals surface area contributed by atoms with E-state index >= 15 is 0 Å². The first-order valence-electron chi connectivity index (χ1n) is 9.64. The summed E-state index contributed by atoms with van der Waals surface area (Å²) < 4.78 is 40.3. The molecule has 2 heterocycles. The number of amides is 1. The number of carbonyl (C=O) groups is 1. The van der Waals surface area contributed by atoms with Crippen LogP contribution in [-0.2, 0) is 11.2 Å². The van der Waals surface area contributed by atoms with Gasteiger partial charge in [0.25, 0.3) is 5.56 Å². The van der Waals surface area contributed by atoms with Gasteiger partial charge in [-0.05, 0) is 54.1 Å². The molecule has 0 unspecified atom stereocenters. The molecule has 0 saturated carbocycles. The van der Waals surface area contributed by atoms with Crippen molar-refractivity contribution in [2.45, 2.75) is 19.3 Å². The van der Waals surface area contributed by atoms with E-state index in [0.717, 1.165) is 11.6 Å². The number of aromatic nitrogens is 1. The van der Waals surface area contributed by atoms with Gasteiger partial charge in [-0.2, -0.15) is 0 Å². The van der Waals surface area contributed by atoms with Crippen LogP contribution in [0.3, 0.4) is 0 Å². The molecule has 1 aliphatic rings. The fraction of sp³-hybridized carbons (Fsp3) is 0.217. The van der Waals surface area contributed by atoms with Gasteiger partial charge in [0.05, 0.1) is 0 Å². The average molecular weight is 412 g/mol. The third-order valence-corrected chi connectivity index (χ3v) is 5.31. The van der Waals surface area contributed by atoms with E-state index in [-0.39, 0.29) is 23.3 Å². The highest BCUT2D eigenvalue weighted by Gasteiger charge is 2.19. The monoisotopic (exact) mass is 412 g/mol. The minimum atomic E-state index is -0.624. The van der Waals surface area contributed by atoms with Crippen molar-refractivity contribution in [2.24, 2.45) is 0 Å². The molecule has 1 amide bonds. The molecule has 0 bridgehead atoms. The number of halogens is 3. The Morgan fingerprint density at radius 1 is 1.03 bits per heavy atom. The fourth-order valence-corrected chi connectivity index (χ4v) is 3.71. The number of nitrogens with zero attached hydrogens (tertiary/aromatic N) is 1. The zero-order valence-corrected chi connectivity index (χ0v) is 16.1. The minimum absolute atomic E-state index is 0.0788. The van der Waals surface area contributed by atoms with Crippen molar-refractivity contribution in [1.29, 1.82) is 0 Å². The van der Waals surface area contributed by atoms with E-state index in [1.165, 1.54) is 30.3 Å². The van der Waals surface area contributed by atoms with Crippen LogP contribution in [0.2, 0.25) is 0 Å². The number of aromatic amines is 1. The van der Waals surface area contributed by atoms with Crippen molar-refractivity contribution >= 4 is 22.3 Å². The Hall–Kier alpha value is -3.35. The van der Waals surface area contributed by atoms with Crippen molar-refractivity contribution in [2.75, 3.05) is 13.1 Å². The van der Waals surface area contributed by atoms with E-state index in [9.17, 15) is 22.8 Å². The Bertz CT molecular complexity index is 1220. The van der Waals surface area contributed by atoms with Crippen molar-refractivity contribution in [1.82, 2.24) is 9.88 Å². The van der Waals surface area contributed by atoms with Crippen LogP contribution in [-0.4, -0.2) is 28.9 Å². The summed E-state index contributed by atoms with van der Waals surface area (Å²) in [6.07, 6.45) is 2.81. The molecular weight excluding hydrogens is 393 g/mol. The summed E-state index contributed by atoms with van der Waals surface area (Å²) >= 11 is 0. The van der Waals surface area contributed by atoms with Gasteiger partial charge in [0.15, 0.2) is 0 Å². The lowest BCUT2D eigenvalue weighted by Crippen LogP contribution is -2.35. The lowest BCUT2D eigenvalue weighted by molar-refractivity contribution is -0.130. The SMILES string of the molecule is O=C(CCc1cc2ccc(F)cc2c(=O)[nH]1)N1CC=C(c2ccc(F)cc2F)CC1. The molecule has 0 fully saturated rings. The zero-order chi connectivity index (χ0) is 21.3. The maximum Gasteiger partial charge on any atom is 0.256 e. The van der Waals surface area contributed by atoms with E-state index in [0.29, 0.717) is 42.6 Å². The predicted octanol–water partition coefficient (Wildman–Crippen LogP) is 4.19. The first kappa shape index (κ1) is 19.9. The van der Waals surface area contributed by atoms with Crippen LogP contribution >= 0.6 is 0 Å². The van der Waals surface area contributed by atoms with Gasteiger partial charge in [-0.15, -0.1) is 0 Å². The number of fused-ring (bicyclic) bond motifs is 1. The summed E-state index contributed by atoms with van der Waals surface area (Å²) in [6.45, 7) is 0.785. The Labute approximate surface area is 170 Å². The lowest BCUT2D eigenvalue weighted by Gasteiger charge is -2.27. The number of nitrogens with one attached hydrogen (secondary N) is 1. The maximum absolute atomic E-state index is 14.0. The second-order valence-electron chi connectivity index (χ2n) is 7.30. The molecule has 4 rings (SSSR count). The van der Waals surface area contributed by atoms with E-state index < -0.39 is 17.5 Å². The lowest BCUT2D eigenvalue weighted by atomic mass is 9.98. The Morgan fingerprint density at radius 2 is 1.80 bits per heavy atom. The molecule has 1 N–H and O–H groups in total. The van der Waals surface area contributed by atoms with Gasteiger partial charge in [0.1, 0.15) is 17.5 Å². The molecule has 0 aliphatic carbocycles. The highest BCUT2D eigenvalue weighted by atomic mass is 19.1. The zero-order valence-electron chi connectivity index (χ0n) is 16.1.